The molecule has 2 N–H and O–H groups in total. The van der Waals surface area contributed by atoms with Crippen LogP contribution in [0.5, 0.6) is 0 Å². The molecular formula is C17H22N4. The second-order valence-corrected chi connectivity index (χ2v) is 5.96. The first-order valence-corrected chi connectivity index (χ1v) is 7.59. The van der Waals surface area contributed by atoms with Gasteiger partial charge in [0, 0.05) is 25.1 Å². The summed E-state index contributed by atoms with van der Waals surface area (Å²) in [6.07, 6.45) is 2.27. The molecule has 0 radical (unpaired) electrons. The summed E-state index contributed by atoms with van der Waals surface area (Å²) in [5, 5.41) is 0. The van der Waals surface area contributed by atoms with E-state index < -0.39 is 0 Å². The minimum atomic E-state index is 0.284. The fourth-order valence-electron chi connectivity index (χ4n) is 2.79. The van der Waals surface area contributed by atoms with E-state index in [1.54, 1.807) is 0 Å². The number of benzene rings is 1. The second-order valence-electron chi connectivity index (χ2n) is 5.96. The molecule has 2 aromatic rings. The Kier molecular flexibility index (Phi) is 3.78. The average Bonchev–Trinajstić information content (AvgIpc) is 2.68. The third kappa shape index (κ3) is 2.99. The summed E-state index contributed by atoms with van der Waals surface area (Å²) in [6.45, 7) is 6.08. The molecule has 0 saturated heterocycles. The van der Waals surface area contributed by atoms with Gasteiger partial charge in [-0.05, 0) is 24.0 Å². The number of fused-ring (bicyclic) bond motifs is 1. The number of hydrogen-bond donors (Lipinski definition) is 1. The Morgan fingerprint density at radius 1 is 1.14 bits per heavy atom. The molecule has 21 heavy (non-hydrogen) atoms. The molecule has 1 aliphatic heterocycles. The molecule has 4 nitrogen and oxygen atoms in total. The first-order valence-electron chi connectivity index (χ1n) is 7.59. The van der Waals surface area contributed by atoms with Crippen molar-refractivity contribution in [3.8, 4) is 0 Å². The van der Waals surface area contributed by atoms with E-state index in [1.807, 2.05) is 6.07 Å². The zero-order chi connectivity index (χ0) is 14.8. The molecule has 1 aliphatic rings. The Labute approximate surface area is 126 Å². The van der Waals surface area contributed by atoms with Gasteiger partial charge in [-0.2, -0.15) is 0 Å². The van der Waals surface area contributed by atoms with Crippen LogP contribution in [0.25, 0.3) is 0 Å². The van der Waals surface area contributed by atoms with E-state index in [2.05, 4.69) is 48.0 Å². The van der Waals surface area contributed by atoms with Crippen molar-refractivity contribution in [2.75, 3.05) is 17.2 Å². The number of anilines is 2. The summed E-state index contributed by atoms with van der Waals surface area (Å²) in [4.78, 5) is 11.4. The Hall–Kier alpha value is -2.10. The van der Waals surface area contributed by atoms with Crippen LogP contribution >= 0.6 is 0 Å². The van der Waals surface area contributed by atoms with Crippen molar-refractivity contribution >= 4 is 11.6 Å². The summed E-state index contributed by atoms with van der Waals surface area (Å²) in [7, 11) is 0. The molecule has 0 bridgehead atoms. The number of nitrogens with zero attached hydrogens (tertiary/aromatic N) is 3. The molecule has 0 saturated carbocycles. The minimum absolute atomic E-state index is 0.284. The molecule has 4 heteroatoms. The van der Waals surface area contributed by atoms with Gasteiger partial charge in [0.1, 0.15) is 17.5 Å². The van der Waals surface area contributed by atoms with Crippen molar-refractivity contribution in [2.24, 2.45) is 0 Å². The summed E-state index contributed by atoms with van der Waals surface area (Å²) >= 11 is 0. The lowest BCUT2D eigenvalue weighted by Gasteiger charge is -2.23. The third-order valence-corrected chi connectivity index (χ3v) is 3.94. The SMILES string of the molecule is CC(C)c1nc(N)cc(N2CCCc3ccccc3C2)n1. The van der Waals surface area contributed by atoms with Crippen LogP contribution in [-0.4, -0.2) is 16.5 Å². The van der Waals surface area contributed by atoms with Crippen LogP contribution in [-0.2, 0) is 13.0 Å². The van der Waals surface area contributed by atoms with E-state index in [0.717, 1.165) is 37.6 Å². The lowest BCUT2D eigenvalue weighted by atomic mass is 10.0. The molecule has 0 fully saturated rings. The number of aryl methyl sites for hydroxylation is 1. The monoisotopic (exact) mass is 282 g/mol. The molecule has 2 heterocycles. The number of nitrogen functional groups attached to an aromatic ring is 1. The Bertz CT molecular complexity index is 636. The molecule has 0 unspecified atom stereocenters. The van der Waals surface area contributed by atoms with Crippen LogP contribution < -0.4 is 10.6 Å². The van der Waals surface area contributed by atoms with E-state index in [1.165, 1.54) is 11.1 Å². The van der Waals surface area contributed by atoms with Crippen molar-refractivity contribution < 1.29 is 0 Å². The summed E-state index contributed by atoms with van der Waals surface area (Å²) in [5.41, 5.74) is 8.80. The van der Waals surface area contributed by atoms with Gasteiger partial charge in [-0.15, -0.1) is 0 Å². The number of aromatic nitrogens is 2. The van der Waals surface area contributed by atoms with Crippen molar-refractivity contribution in [3.63, 3.8) is 0 Å². The lowest BCUT2D eigenvalue weighted by Crippen LogP contribution is -2.24. The molecule has 0 spiro atoms. The molecule has 110 valence electrons. The molecule has 0 amide bonds. The maximum atomic E-state index is 5.96. The quantitative estimate of drug-likeness (QED) is 0.919. The maximum Gasteiger partial charge on any atom is 0.135 e. The smallest absolute Gasteiger partial charge is 0.135 e. The van der Waals surface area contributed by atoms with Crippen LogP contribution in [0.2, 0.25) is 0 Å². The number of rotatable bonds is 2. The predicted molar refractivity (Wildman–Crippen MR) is 86.3 cm³/mol. The topological polar surface area (TPSA) is 55.0 Å². The first-order chi connectivity index (χ1) is 10.1. The van der Waals surface area contributed by atoms with E-state index in [9.17, 15) is 0 Å². The van der Waals surface area contributed by atoms with Gasteiger partial charge in [-0.25, -0.2) is 9.97 Å². The van der Waals surface area contributed by atoms with Crippen molar-refractivity contribution in [1.82, 2.24) is 9.97 Å². The van der Waals surface area contributed by atoms with Crippen molar-refractivity contribution in [3.05, 3.63) is 47.3 Å². The highest BCUT2D eigenvalue weighted by Gasteiger charge is 2.17. The minimum Gasteiger partial charge on any atom is -0.384 e. The van der Waals surface area contributed by atoms with Gasteiger partial charge in [-0.1, -0.05) is 38.1 Å². The summed E-state index contributed by atoms with van der Waals surface area (Å²) in [6, 6.07) is 10.6. The van der Waals surface area contributed by atoms with Crippen molar-refractivity contribution in [2.45, 2.75) is 39.2 Å². The van der Waals surface area contributed by atoms with Gasteiger partial charge in [0.05, 0.1) is 0 Å². The van der Waals surface area contributed by atoms with Crippen LogP contribution in [0, 0.1) is 0 Å². The molecule has 1 aromatic carbocycles. The molecule has 3 rings (SSSR count). The van der Waals surface area contributed by atoms with Gasteiger partial charge < -0.3 is 10.6 Å². The van der Waals surface area contributed by atoms with Gasteiger partial charge in [-0.3, -0.25) is 0 Å². The highest BCUT2D eigenvalue weighted by atomic mass is 15.2. The fourth-order valence-corrected chi connectivity index (χ4v) is 2.79. The van der Waals surface area contributed by atoms with Gasteiger partial charge in [0.25, 0.3) is 0 Å². The van der Waals surface area contributed by atoms with Crippen LogP contribution in [0.4, 0.5) is 11.6 Å². The Morgan fingerprint density at radius 3 is 2.67 bits per heavy atom. The summed E-state index contributed by atoms with van der Waals surface area (Å²) < 4.78 is 0. The van der Waals surface area contributed by atoms with Gasteiger partial charge in [0.15, 0.2) is 0 Å². The van der Waals surface area contributed by atoms with Gasteiger partial charge >= 0.3 is 0 Å². The van der Waals surface area contributed by atoms with E-state index in [-0.39, 0.29) is 5.92 Å². The molecular weight excluding hydrogens is 260 g/mol. The number of nitrogens with two attached hydrogens (primary N) is 1. The Morgan fingerprint density at radius 2 is 1.90 bits per heavy atom. The van der Waals surface area contributed by atoms with E-state index in [0.29, 0.717) is 5.82 Å². The predicted octanol–water partition coefficient (Wildman–Crippen LogP) is 3.14. The van der Waals surface area contributed by atoms with Crippen molar-refractivity contribution in [1.29, 1.82) is 0 Å². The maximum absolute atomic E-state index is 5.96. The first kappa shape index (κ1) is 13.9. The highest BCUT2D eigenvalue weighted by Crippen LogP contribution is 2.24. The van der Waals surface area contributed by atoms with E-state index >= 15 is 0 Å². The standard InChI is InChI=1S/C17H22N4/c1-12(2)17-19-15(18)10-16(20-17)21-9-5-8-13-6-3-4-7-14(13)11-21/h3-4,6-7,10,12H,5,8-9,11H2,1-2H3,(H2,18,19,20). The molecule has 1 aromatic heterocycles. The second kappa shape index (κ2) is 5.72. The largest absolute Gasteiger partial charge is 0.384 e. The Balaban J connectivity index is 1.94. The molecule has 0 aliphatic carbocycles. The highest BCUT2D eigenvalue weighted by molar-refractivity contribution is 5.49. The zero-order valence-electron chi connectivity index (χ0n) is 12.7. The van der Waals surface area contributed by atoms with Crippen LogP contribution in [0.1, 0.15) is 43.1 Å². The number of hydrogen-bond acceptors (Lipinski definition) is 4. The molecule has 0 atom stereocenters. The third-order valence-electron chi connectivity index (χ3n) is 3.94. The summed E-state index contributed by atoms with van der Waals surface area (Å²) in [5.74, 6) is 2.61. The van der Waals surface area contributed by atoms with Crippen LogP contribution in [0.3, 0.4) is 0 Å². The zero-order valence-corrected chi connectivity index (χ0v) is 12.7. The van der Waals surface area contributed by atoms with Gasteiger partial charge in [0.2, 0.25) is 0 Å². The normalized spacial score (nSPS) is 14.9. The lowest BCUT2D eigenvalue weighted by molar-refractivity contribution is 0.728. The van der Waals surface area contributed by atoms with Crippen LogP contribution in [0.15, 0.2) is 30.3 Å². The fraction of sp³-hybridized carbons (Fsp3) is 0.412. The average molecular weight is 282 g/mol. The van der Waals surface area contributed by atoms with E-state index in [4.69, 9.17) is 10.7 Å².